The van der Waals surface area contributed by atoms with Crippen molar-refractivity contribution >= 4 is 17.9 Å². The van der Waals surface area contributed by atoms with Gasteiger partial charge >= 0.3 is 17.9 Å². The molecule has 3 saturated carbocycles. The molecule has 6 nitrogen and oxygen atoms in total. The summed E-state index contributed by atoms with van der Waals surface area (Å²) in [5, 5.41) is 30.3. The average molecular weight is 419 g/mol. The minimum atomic E-state index is -1.02. The molecule has 0 aromatic heterocycles. The van der Waals surface area contributed by atoms with E-state index in [1.807, 2.05) is 6.92 Å². The van der Waals surface area contributed by atoms with Gasteiger partial charge in [0.15, 0.2) is 0 Å². The van der Waals surface area contributed by atoms with Crippen LogP contribution in [0.2, 0.25) is 0 Å². The van der Waals surface area contributed by atoms with Crippen LogP contribution in [0.1, 0.15) is 66.2 Å². The number of carboxylic acid groups (broad SMARTS) is 3. The largest absolute Gasteiger partial charge is 0.481 e. The summed E-state index contributed by atoms with van der Waals surface area (Å²) in [5.74, 6) is -4.76. The summed E-state index contributed by atoms with van der Waals surface area (Å²) in [6.45, 7) is 8.15. The van der Waals surface area contributed by atoms with Gasteiger partial charge < -0.3 is 15.3 Å². The third kappa shape index (κ3) is 2.51. The van der Waals surface area contributed by atoms with Gasteiger partial charge in [0.05, 0.1) is 17.3 Å². The first-order valence-electron chi connectivity index (χ1n) is 11.3. The molecule has 6 heteroatoms. The number of rotatable bonds is 4. The van der Waals surface area contributed by atoms with E-state index in [1.165, 1.54) is 0 Å². The van der Waals surface area contributed by atoms with E-state index in [0.29, 0.717) is 25.7 Å². The number of aliphatic carboxylic acids is 3. The fourth-order valence-corrected chi connectivity index (χ4v) is 8.56. The number of carbonyl (C=O) groups is 3. The summed E-state index contributed by atoms with van der Waals surface area (Å²) < 4.78 is 0. The van der Waals surface area contributed by atoms with E-state index in [9.17, 15) is 29.7 Å². The van der Waals surface area contributed by atoms with Crippen LogP contribution >= 0.6 is 0 Å². The first-order valence-corrected chi connectivity index (χ1v) is 11.3. The quantitative estimate of drug-likeness (QED) is 0.587. The van der Waals surface area contributed by atoms with Gasteiger partial charge in [0.2, 0.25) is 0 Å². The van der Waals surface area contributed by atoms with E-state index in [-0.39, 0.29) is 29.1 Å². The molecule has 8 atom stereocenters. The summed E-state index contributed by atoms with van der Waals surface area (Å²) in [6.07, 6.45) is 6.36. The van der Waals surface area contributed by atoms with Crippen LogP contribution in [-0.2, 0) is 14.4 Å². The van der Waals surface area contributed by atoms with Gasteiger partial charge in [-0.15, -0.1) is 0 Å². The molecule has 0 aromatic rings. The molecule has 0 aromatic carbocycles. The average Bonchev–Trinajstić information content (AvgIpc) is 2.65. The Morgan fingerprint density at radius 2 is 1.67 bits per heavy atom. The van der Waals surface area contributed by atoms with Crippen LogP contribution in [0.15, 0.2) is 11.6 Å². The molecule has 30 heavy (non-hydrogen) atoms. The summed E-state index contributed by atoms with van der Waals surface area (Å²) >= 11 is 0. The molecule has 5 aliphatic carbocycles. The van der Waals surface area contributed by atoms with Crippen molar-refractivity contribution in [2.24, 2.45) is 51.8 Å². The number of allylic oxidation sites excluding steroid dienone is 2. The smallest absolute Gasteiger partial charge is 0.309 e. The molecule has 0 heterocycles. The molecule has 1 spiro atoms. The lowest BCUT2D eigenvalue weighted by Crippen LogP contribution is -2.66. The molecule has 0 aliphatic heterocycles. The Labute approximate surface area is 177 Å². The highest BCUT2D eigenvalue weighted by Crippen LogP contribution is 2.73. The monoisotopic (exact) mass is 418 g/mol. The lowest BCUT2D eigenvalue weighted by molar-refractivity contribution is -0.207. The van der Waals surface area contributed by atoms with E-state index in [4.69, 9.17) is 0 Å². The lowest BCUT2D eigenvalue weighted by atomic mass is 9.34. The van der Waals surface area contributed by atoms with Gasteiger partial charge in [-0.3, -0.25) is 14.4 Å². The highest BCUT2D eigenvalue weighted by Gasteiger charge is 2.71. The van der Waals surface area contributed by atoms with Gasteiger partial charge in [-0.2, -0.15) is 0 Å². The molecule has 2 bridgehead atoms. The van der Waals surface area contributed by atoms with Gasteiger partial charge in [0.25, 0.3) is 0 Å². The molecular formula is C24H34O6. The molecule has 5 rings (SSSR count). The standard InChI is InChI=1S/C24H34O6/c1-12(2)14-11-24-9-6-15-22(3,7-5-8-23(15,4)21(29)30)16(24)10-13(14)17(19(25)26)18(24)20(27)28/h11-13,15-18H,5-10H2,1-4H3,(H,25,26)(H,27,28)(H,29,30)/t13-,15-,16-,17-,18+,22-,23+,24-/m0/s1. The van der Waals surface area contributed by atoms with Gasteiger partial charge in [0.1, 0.15) is 0 Å². The molecular weight excluding hydrogens is 384 g/mol. The Morgan fingerprint density at radius 3 is 2.20 bits per heavy atom. The van der Waals surface area contributed by atoms with Crippen LogP contribution < -0.4 is 0 Å². The van der Waals surface area contributed by atoms with E-state index < -0.39 is 40.6 Å². The van der Waals surface area contributed by atoms with Gasteiger partial charge in [-0.1, -0.05) is 38.8 Å². The van der Waals surface area contributed by atoms with Crippen LogP contribution in [0, 0.1) is 51.8 Å². The molecule has 0 radical (unpaired) electrons. The molecule has 3 N–H and O–H groups in total. The molecule has 3 fully saturated rings. The second-order valence-corrected chi connectivity index (χ2v) is 11.2. The van der Waals surface area contributed by atoms with Crippen LogP contribution in [0.3, 0.4) is 0 Å². The summed E-state index contributed by atoms with van der Waals surface area (Å²) in [6, 6.07) is 0. The third-order valence-corrected chi connectivity index (χ3v) is 9.72. The van der Waals surface area contributed by atoms with Crippen molar-refractivity contribution in [2.45, 2.75) is 66.2 Å². The Bertz CT molecular complexity index is 830. The minimum Gasteiger partial charge on any atom is -0.481 e. The zero-order valence-corrected chi connectivity index (χ0v) is 18.4. The zero-order valence-electron chi connectivity index (χ0n) is 18.4. The van der Waals surface area contributed by atoms with E-state index in [1.54, 1.807) is 0 Å². The predicted octanol–water partition coefficient (Wildman–Crippen LogP) is 4.30. The van der Waals surface area contributed by atoms with Crippen molar-refractivity contribution < 1.29 is 29.7 Å². The highest BCUT2D eigenvalue weighted by atomic mass is 16.4. The fraction of sp³-hybridized carbons (Fsp3) is 0.792. The summed E-state index contributed by atoms with van der Waals surface area (Å²) in [7, 11) is 0. The Balaban J connectivity index is 1.89. The van der Waals surface area contributed by atoms with Crippen molar-refractivity contribution in [3.8, 4) is 0 Å². The maximum Gasteiger partial charge on any atom is 0.309 e. The van der Waals surface area contributed by atoms with E-state index >= 15 is 0 Å². The van der Waals surface area contributed by atoms with Crippen LogP contribution in [0.5, 0.6) is 0 Å². The van der Waals surface area contributed by atoms with Crippen molar-refractivity contribution in [1.29, 1.82) is 0 Å². The second-order valence-electron chi connectivity index (χ2n) is 11.2. The lowest BCUT2D eigenvalue weighted by Gasteiger charge is -2.68. The van der Waals surface area contributed by atoms with E-state index in [0.717, 1.165) is 18.4 Å². The fourth-order valence-electron chi connectivity index (χ4n) is 8.56. The van der Waals surface area contributed by atoms with Gasteiger partial charge in [-0.05, 0) is 68.1 Å². The van der Waals surface area contributed by atoms with Crippen molar-refractivity contribution in [3.63, 3.8) is 0 Å². The third-order valence-electron chi connectivity index (χ3n) is 9.72. The maximum absolute atomic E-state index is 12.5. The molecule has 166 valence electrons. The summed E-state index contributed by atoms with van der Waals surface area (Å²) in [5.41, 5.74) is -0.709. The van der Waals surface area contributed by atoms with E-state index in [2.05, 4.69) is 26.8 Å². The molecule has 5 aliphatic rings. The normalized spacial score (nSPS) is 47.2. The van der Waals surface area contributed by atoms with Crippen molar-refractivity contribution in [3.05, 3.63) is 11.6 Å². The van der Waals surface area contributed by atoms with Crippen LogP contribution in [0.4, 0.5) is 0 Å². The van der Waals surface area contributed by atoms with Crippen molar-refractivity contribution in [1.82, 2.24) is 0 Å². The maximum atomic E-state index is 12.5. The van der Waals surface area contributed by atoms with Gasteiger partial charge in [-0.25, -0.2) is 0 Å². The van der Waals surface area contributed by atoms with Crippen LogP contribution in [0.25, 0.3) is 0 Å². The second kappa shape index (κ2) is 6.57. The van der Waals surface area contributed by atoms with Crippen molar-refractivity contribution in [2.75, 3.05) is 0 Å². The highest BCUT2D eigenvalue weighted by molar-refractivity contribution is 5.83. The van der Waals surface area contributed by atoms with Crippen LogP contribution in [-0.4, -0.2) is 33.2 Å². The SMILES string of the molecule is CC(C)C1=C[C@@]23CC[C@H]4[C@](C)(CCC[C@@]4(C)C(=O)O)[C@@H]2C[C@@H]1[C@H](C(=O)O)[C@@H]3C(=O)O. The predicted molar refractivity (Wildman–Crippen MR) is 110 cm³/mol. The molecule has 0 saturated heterocycles. The Hall–Kier alpha value is -1.85. The first-order chi connectivity index (χ1) is 13.9. The molecule has 0 unspecified atom stereocenters. The number of hydrogen-bond donors (Lipinski definition) is 3. The molecule has 0 amide bonds. The zero-order chi connectivity index (χ0) is 22.2. The number of carboxylic acids is 3. The summed E-state index contributed by atoms with van der Waals surface area (Å²) in [4.78, 5) is 37.0. The number of hydrogen-bond acceptors (Lipinski definition) is 3. The number of fused-ring (bicyclic) bond motifs is 2. The minimum absolute atomic E-state index is 0.00641. The first kappa shape index (κ1) is 21.4. The Morgan fingerprint density at radius 1 is 1.00 bits per heavy atom. The van der Waals surface area contributed by atoms with Gasteiger partial charge in [0, 0.05) is 5.41 Å². The Kier molecular flexibility index (Phi) is 4.68. The topological polar surface area (TPSA) is 112 Å².